The molecule has 1 heterocycles. The van der Waals surface area contributed by atoms with Gasteiger partial charge in [0.05, 0.1) is 26.8 Å². The lowest BCUT2D eigenvalue weighted by Gasteiger charge is -2.28. The molecule has 1 aromatic heterocycles. The third-order valence-electron chi connectivity index (χ3n) is 5.19. The predicted octanol–water partition coefficient (Wildman–Crippen LogP) is 4.89. The maximum absolute atomic E-state index is 13.6. The van der Waals surface area contributed by atoms with Crippen LogP contribution in [0.25, 0.3) is 10.2 Å². The number of carbonyl (C=O) groups is 2. The smallest absolute Gasteiger partial charge is 0.310 e. The van der Waals surface area contributed by atoms with Crippen molar-refractivity contribution in [2.75, 3.05) is 11.9 Å². The molecule has 1 aliphatic rings. The minimum absolute atomic E-state index is 0.00304. The summed E-state index contributed by atoms with van der Waals surface area (Å²) in [6.07, 6.45) is 3.58. The monoisotopic (exact) mass is 412 g/mol. The first-order chi connectivity index (χ1) is 14.1. The van der Waals surface area contributed by atoms with Gasteiger partial charge in [-0.1, -0.05) is 37.1 Å². The molecule has 1 N–H and O–H groups in total. The van der Waals surface area contributed by atoms with Crippen LogP contribution in [0.4, 0.5) is 10.1 Å². The van der Waals surface area contributed by atoms with E-state index in [9.17, 15) is 14.0 Å². The Hall–Kier alpha value is -2.80. The largest absolute Gasteiger partial charge is 0.455 e. The van der Waals surface area contributed by atoms with Crippen LogP contribution in [0.15, 0.2) is 48.5 Å². The fourth-order valence-electron chi connectivity index (χ4n) is 3.75. The van der Waals surface area contributed by atoms with Gasteiger partial charge in [-0.15, -0.1) is 11.3 Å². The van der Waals surface area contributed by atoms with Gasteiger partial charge in [0.15, 0.2) is 6.61 Å². The number of nitrogens with one attached hydrogen (secondary N) is 1. The molecular weight excluding hydrogens is 391 g/mol. The number of para-hydroxylation sites is 2. The van der Waals surface area contributed by atoms with Gasteiger partial charge < -0.3 is 10.1 Å². The van der Waals surface area contributed by atoms with Crippen molar-refractivity contribution in [2.45, 2.75) is 31.6 Å². The van der Waals surface area contributed by atoms with Gasteiger partial charge >= 0.3 is 5.97 Å². The Labute approximate surface area is 171 Å². The molecule has 150 valence electrons. The molecule has 0 bridgehead atoms. The highest BCUT2D eigenvalue weighted by atomic mass is 32.1. The molecule has 5 nitrogen and oxygen atoms in total. The van der Waals surface area contributed by atoms with Crippen molar-refractivity contribution in [1.82, 2.24) is 4.98 Å². The number of thiazole rings is 1. The van der Waals surface area contributed by atoms with E-state index in [1.807, 2.05) is 24.3 Å². The zero-order valence-corrected chi connectivity index (χ0v) is 16.6. The number of fused-ring (bicyclic) bond motifs is 1. The number of esters is 1. The van der Waals surface area contributed by atoms with E-state index < -0.39 is 24.3 Å². The van der Waals surface area contributed by atoms with Crippen molar-refractivity contribution in [3.8, 4) is 0 Å². The molecule has 1 amide bonds. The number of anilines is 1. The highest BCUT2D eigenvalue weighted by Crippen LogP contribution is 2.41. The van der Waals surface area contributed by atoms with Crippen LogP contribution in [0.3, 0.4) is 0 Å². The lowest BCUT2D eigenvalue weighted by Crippen LogP contribution is -2.30. The summed E-state index contributed by atoms with van der Waals surface area (Å²) in [5, 5.41) is 3.38. The number of ether oxygens (including phenoxy) is 1. The first-order valence-corrected chi connectivity index (χ1v) is 10.5. The average Bonchev–Trinajstić information content (AvgIpc) is 3.18. The zero-order valence-electron chi connectivity index (χ0n) is 15.8. The zero-order chi connectivity index (χ0) is 20.2. The van der Waals surface area contributed by atoms with Crippen LogP contribution in [0.2, 0.25) is 0 Å². The summed E-state index contributed by atoms with van der Waals surface area (Å²) in [6.45, 7) is -0.434. The second kappa shape index (κ2) is 8.69. The molecule has 2 aromatic carbocycles. The standard InChI is InChI=1S/C22H21FN2O3S/c23-16-9-3-4-10-17(16)24-20(26)13-28-22(27)15-8-2-1-7-14(15)21-25-18-11-5-6-12-19(18)29-21/h3-6,9-12,14-15H,1-2,7-8,13H2,(H,24,26)/t14-,15-/m1/s1. The maximum atomic E-state index is 13.6. The van der Waals surface area contributed by atoms with Crippen LogP contribution >= 0.6 is 11.3 Å². The Morgan fingerprint density at radius 3 is 2.69 bits per heavy atom. The van der Waals surface area contributed by atoms with Crippen molar-refractivity contribution in [3.63, 3.8) is 0 Å². The summed E-state index contributed by atoms with van der Waals surface area (Å²) >= 11 is 1.61. The summed E-state index contributed by atoms with van der Waals surface area (Å²) < 4.78 is 20.0. The molecule has 7 heteroatoms. The Bertz CT molecular complexity index is 1000. The van der Waals surface area contributed by atoms with Crippen molar-refractivity contribution in [2.24, 2.45) is 5.92 Å². The minimum Gasteiger partial charge on any atom is -0.455 e. The van der Waals surface area contributed by atoms with Gasteiger partial charge in [-0.2, -0.15) is 0 Å². The molecule has 1 fully saturated rings. The molecule has 0 spiro atoms. The lowest BCUT2D eigenvalue weighted by molar-refractivity contribution is -0.153. The van der Waals surface area contributed by atoms with Crippen molar-refractivity contribution in [1.29, 1.82) is 0 Å². The average molecular weight is 412 g/mol. The minimum atomic E-state index is -0.559. The fourth-order valence-corrected chi connectivity index (χ4v) is 4.92. The number of hydrogen-bond donors (Lipinski definition) is 1. The van der Waals surface area contributed by atoms with Gasteiger partial charge in [-0.3, -0.25) is 9.59 Å². The summed E-state index contributed by atoms with van der Waals surface area (Å²) in [7, 11) is 0. The van der Waals surface area contributed by atoms with Gasteiger partial charge in [0.2, 0.25) is 0 Å². The maximum Gasteiger partial charge on any atom is 0.310 e. The summed E-state index contributed by atoms with van der Waals surface area (Å²) in [6, 6.07) is 13.8. The summed E-state index contributed by atoms with van der Waals surface area (Å²) in [4.78, 5) is 29.5. The number of carbonyl (C=O) groups excluding carboxylic acids is 2. The number of hydrogen-bond acceptors (Lipinski definition) is 5. The molecule has 0 aliphatic heterocycles. The highest BCUT2D eigenvalue weighted by molar-refractivity contribution is 7.18. The first kappa shape index (κ1) is 19.5. The lowest BCUT2D eigenvalue weighted by atomic mass is 9.79. The van der Waals surface area contributed by atoms with Gasteiger partial charge in [-0.25, -0.2) is 9.37 Å². The summed E-state index contributed by atoms with van der Waals surface area (Å²) in [5.74, 6) is -1.79. The molecule has 0 saturated heterocycles. The number of nitrogens with zero attached hydrogens (tertiary/aromatic N) is 1. The van der Waals surface area contributed by atoms with E-state index in [4.69, 9.17) is 9.72 Å². The molecule has 2 atom stereocenters. The molecule has 1 saturated carbocycles. The number of rotatable bonds is 5. The quantitative estimate of drug-likeness (QED) is 0.606. The Kier molecular flexibility index (Phi) is 5.85. The Balaban J connectivity index is 1.41. The Morgan fingerprint density at radius 2 is 1.86 bits per heavy atom. The van der Waals surface area contributed by atoms with E-state index in [-0.39, 0.29) is 17.5 Å². The van der Waals surface area contributed by atoms with E-state index in [1.165, 1.54) is 18.2 Å². The number of aromatic nitrogens is 1. The van der Waals surface area contributed by atoms with Gasteiger partial charge in [-0.05, 0) is 37.1 Å². The molecule has 4 rings (SSSR count). The fraction of sp³-hybridized carbons (Fsp3) is 0.318. The van der Waals surface area contributed by atoms with E-state index in [2.05, 4.69) is 5.32 Å². The van der Waals surface area contributed by atoms with Gasteiger partial charge in [0, 0.05) is 5.92 Å². The van der Waals surface area contributed by atoms with Crippen LogP contribution in [-0.2, 0) is 14.3 Å². The SMILES string of the molecule is O=C(COC(=O)[C@@H]1CCCC[C@H]1c1nc2ccccc2s1)Nc1ccccc1F. The number of benzene rings is 2. The van der Waals surface area contributed by atoms with Crippen molar-refractivity contribution < 1.29 is 18.7 Å². The van der Waals surface area contributed by atoms with Crippen LogP contribution in [0.5, 0.6) is 0 Å². The van der Waals surface area contributed by atoms with E-state index in [1.54, 1.807) is 17.4 Å². The predicted molar refractivity (Wildman–Crippen MR) is 110 cm³/mol. The topological polar surface area (TPSA) is 68.3 Å². The first-order valence-electron chi connectivity index (χ1n) is 9.68. The second-order valence-corrected chi connectivity index (χ2v) is 8.22. The molecule has 0 radical (unpaired) electrons. The third-order valence-corrected chi connectivity index (χ3v) is 6.36. The Morgan fingerprint density at radius 1 is 1.10 bits per heavy atom. The molecule has 0 unspecified atom stereocenters. The number of amides is 1. The van der Waals surface area contributed by atoms with Crippen LogP contribution in [-0.4, -0.2) is 23.5 Å². The van der Waals surface area contributed by atoms with Gasteiger partial charge in [0.25, 0.3) is 5.91 Å². The highest BCUT2D eigenvalue weighted by Gasteiger charge is 2.35. The second-order valence-electron chi connectivity index (χ2n) is 7.15. The molecular formula is C22H21FN2O3S. The molecule has 3 aromatic rings. The van der Waals surface area contributed by atoms with Crippen LogP contribution in [0, 0.1) is 11.7 Å². The van der Waals surface area contributed by atoms with Crippen LogP contribution in [0.1, 0.15) is 36.6 Å². The number of halogens is 1. The van der Waals surface area contributed by atoms with Crippen LogP contribution < -0.4 is 5.32 Å². The van der Waals surface area contributed by atoms with Crippen molar-refractivity contribution >= 4 is 39.1 Å². The third kappa shape index (κ3) is 4.45. The summed E-state index contributed by atoms with van der Waals surface area (Å²) in [5.41, 5.74) is 1.01. The molecule has 1 aliphatic carbocycles. The van der Waals surface area contributed by atoms with Crippen molar-refractivity contribution in [3.05, 3.63) is 59.4 Å². The molecule has 29 heavy (non-hydrogen) atoms. The van der Waals surface area contributed by atoms with E-state index in [0.717, 1.165) is 34.5 Å². The normalized spacial score (nSPS) is 19.1. The van der Waals surface area contributed by atoms with E-state index in [0.29, 0.717) is 6.42 Å². The van der Waals surface area contributed by atoms with E-state index >= 15 is 0 Å². The van der Waals surface area contributed by atoms with Gasteiger partial charge in [0.1, 0.15) is 5.82 Å².